The highest BCUT2D eigenvalue weighted by molar-refractivity contribution is 5.96. The summed E-state index contributed by atoms with van der Waals surface area (Å²) in [5.41, 5.74) is 5.08. The van der Waals surface area contributed by atoms with Crippen molar-refractivity contribution in [3.63, 3.8) is 0 Å². The number of nitrogens with two attached hydrogens (primary N) is 1. The van der Waals surface area contributed by atoms with Gasteiger partial charge in [-0.15, -0.1) is 0 Å². The first-order chi connectivity index (χ1) is 8.31. The Morgan fingerprint density at radius 2 is 2.00 bits per heavy atom. The number of hydrogen-bond acceptors (Lipinski definition) is 2. The first-order valence-electron chi connectivity index (χ1n) is 5.45. The van der Waals surface area contributed by atoms with E-state index < -0.39 is 0 Å². The van der Waals surface area contributed by atoms with E-state index in [1.54, 1.807) is 6.08 Å². The molecule has 0 heterocycles. The molecule has 1 aromatic rings. The highest BCUT2D eigenvalue weighted by atomic mass is 16.2. The monoisotopic (exact) mass is 226 g/mol. The van der Waals surface area contributed by atoms with E-state index in [2.05, 4.69) is 17.6 Å². The average Bonchev–Trinajstić information content (AvgIpc) is 2.64. The zero-order chi connectivity index (χ0) is 12.1. The molecule has 17 heavy (non-hydrogen) atoms. The smallest absolute Gasteiger partial charge is 0.264 e. The number of hydrazine groups is 1. The fourth-order valence-electron chi connectivity index (χ4n) is 1.74. The van der Waals surface area contributed by atoms with Crippen LogP contribution in [-0.2, 0) is 4.79 Å². The molecule has 3 heteroatoms. The van der Waals surface area contributed by atoms with E-state index >= 15 is 0 Å². The van der Waals surface area contributed by atoms with Crippen LogP contribution in [0.5, 0.6) is 0 Å². The normalized spacial score (nSPS) is 14.6. The van der Waals surface area contributed by atoms with Crippen molar-refractivity contribution in [2.24, 2.45) is 5.84 Å². The van der Waals surface area contributed by atoms with Gasteiger partial charge in [-0.1, -0.05) is 48.6 Å². The molecule has 0 saturated heterocycles. The zero-order valence-corrected chi connectivity index (χ0v) is 9.39. The van der Waals surface area contributed by atoms with E-state index in [1.165, 1.54) is 11.1 Å². The van der Waals surface area contributed by atoms with Crippen LogP contribution in [0.4, 0.5) is 0 Å². The van der Waals surface area contributed by atoms with Crippen LogP contribution in [0.15, 0.2) is 60.2 Å². The summed E-state index contributed by atoms with van der Waals surface area (Å²) >= 11 is 0. The largest absolute Gasteiger partial charge is 0.290 e. The number of carbonyl (C=O) groups is 1. The van der Waals surface area contributed by atoms with Crippen molar-refractivity contribution in [3.8, 4) is 0 Å². The highest BCUT2D eigenvalue weighted by Crippen LogP contribution is 2.21. The Hall–Kier alpha value is -2.13. The third-order valence-electron chi connectivity index (χ3n) is 2.65. The van der Waals surface area contributed by atoms with Gasteiger partial charge in [0.05, 0.1) is 0 Å². The van der Waals surface area contributed by atoms with E-state index in [-0.39, 0.29) is 5.91 Å². The van der Waals surface area contributed by atoms with Crippen molar-refractivity contribution < 1.29 is 4.79 Å². The predicted octanol–water partition coefficient (Wildman–Crippen LogP) is 1.95. The Bertz CT molecular complexity index is 498. The van der Waals surface area contributed by atoms with Gasteiger partial charge < -0.3 is 0 Å². The van der Waals surface area contributed by atoms with Gasteiger partial charge in [0, 0.05) is 5.57 Å². The summed E-state index contributed by atoms with van der Waals surface area (Å²) < 4.78 is 0. The van der Waals surface area contributed by atoms with Crippen molar-refractivity contribution in [2.75, 3.05) is 0 Å². The number of carbonyl (C=O) groups excluding carboxylic acids is 1. The van der Waals surface area contributed by atoms with Crippen LogP contribution >= 0.6 is 0 Å². The summed E-state index contributed by atoms with van der Waals surface area (Å²) in [6, 6.07) is 10.1. The Morgan fingerprint density at radius 1 is 1.24 bits per heavy atom. The third kappa shape index (κ3) is 2.71. The number of rotatable bonds is 2. The Morgan fingerprint density at radius 3 is 2.71 bits per heavy atom. The van der Waals surface area contributed by atoms with Crippen molar-refractivity contribution in [3.05, 3.63) is 65.8 Å². The molecule has 0 spiro atoms. The average molecular weight is 226 g/mol. The van der Waals surface area contributed by atoms with Gasteiger partial charge in [-0.2, -0.15) is 0 Å². The van der Waals surface area contributed by atoms with Gasteiger partial charge >= 0.3 is 0 Å². The molecule has 0 bridgehead atoms. The maximum absolute atomic E-state index is 11.4. The highest BCUT2D eigenvalue weighted by Gasteiger charge is 2.07. The number of hydrogen-bond donors (Lipinski definition) is 2. The van der Waals surface area contributed by atoms with Crippen molar-refractivity contribution >= 4 is 11.5 Å². The second-order valence-corrected chi connectivity index (χ2v) is 3.75. The van der Waals surface area contributed by atoms with Crippen molar-refractivity contribution in [1.82, 2.24) is 5.43 Å². The number of nitrogens with one attached hydrogen (secondary N) is 1. The van der Waals surface area contributed by atoms with Crippen LogP contribution < -0.4 is 11.3 Å². The molecule has 0 aliphatic heterocycles. The van der Waals surface area contributed by atoms with Crippen LogP contribution in [-0.4, -0.2) is 5.91 Å². The lowest BCUT2D eigenvalue weighted by Crippen LogP contribution is -2.30. The summed E-state index contributed by atoms with van der Waals surface area (Å²) in [7, 11) is 0. The van der Waals surface area contributed by atoms with E-state index in [4.69, 9.17) is 5.84 Å². The molecule has 0 unspecified atom stereocenters. The maximum Gasteiger partial charge on any atom is 0.264 e. The first kappa shape index (κ1) is 11.4. The molecule has 0 radical (unpaired) electrons. The molecule has 3 nitrogen and oxygen atoms in total. The fourth-order valence-corrected chi connectivity index (χ4v) is 1.74. The molecular formula is C14H14N2O. The van der Waals surface area contributed by atoms with Crippen LogP contribution in [0.3, 0.4) is 0 Å². The SMILES string of the molecule is NNC(=O)C1=CCC(c2ccccc2)=CC=C1. The lowest BCUT2D eigenvalue weighted by atomic mass is 10.0. The maximum atomic E-state index is 11.4. The molecule has 2 rings (SSSR count). The molecule has 0 saturated carbocycles. The molecule has 1 aromatic carbocycles. The number of amides is 1. The molecule has 1 aliphatic carbocycles. The second-order valence-electron chi connectivity index (χ2n) is 3.75. The van der Waals surface area contributed by atoms with Gasteiger partial charge in [-0.3, -0.25) is 10.2 Å². The summed E-state index contributed by atoms with van der Waals surface area (Å²) in [5.74, 6) is 4.85. The predicted molar refractivity (Wildman–Crippen MR) is 68.6 cm³/mol. The van der Waals surface area contributed by atoms with Crippen LogP contribution in [0.1, 0.15) is 12.0 Å². The summed E-state index contributed by atoms with van der Waals surface area (Å²) in [5, 5.41) is 0. The van der Waals surface area contributed by atoms with E-state index in [1.807, 2.05) is 36.4 Å². The molecule has 86 valence electrons. The van der Waals surface area contributed by atoms with Crippen LogP contribution in [0, 0.1) is 0 Å². The zero-order valence-electron chi connectivity index (χ0n) is 9.39. The van der Waals surface area contributed by atoms with E-state index in [9.17, 15) is 4.79 Å². The minimum atomic E-state index is -0.260. The third-order valence-corrected chi connectivity index (χ3v) is 2.65. The molecule has 0 fully saturated rings. The second kappa shape index (κ2) is 5.27. The fraction of sp³-hybridized carbons (Fsp3) is 0.0714. The minimum absolute atomic E-state index is 0.260. The standard InChI is InChI=1S/C14H14N2O/c15-16-14(17)13-8-4-7-12(9-10-13)11-5-2-1-3-6-11/h1-8,10H,9,15H2,(H,16,17). The quantitative estimate of drug-likeness (QED) is 0.460. The van der Waals surface area contributed by atoms with Gasteiger partial charge in [0.15, 0.2) is 0 Å². The topological polar surface area (TPSA) is 55.1 Å². The lowest BCUT2D eigenvalue weighted by molar-refractivity contribution is -0.117. The molecular weight excluding hydrogens is 212 g/mol. The molecule has 0 aromatic heterocycles. The Kier molecular flexibility index (Phi) is 3.52. The summed E-state index contributed by atoms with van der Waals surface area (Å²) in [6.07, 6.45) is 8.25. The number of benzene rings is 1. The molecule has 1 amide bonds. The van der Waals surface area contributed by atoms with Gasteiger partial charge in [0.1, 0.15) is 0 Å². The summed E-state index contributed by atoms with van der Waals surface area (Å²) in [6.45, 7) is 0. The lowest BCUT2D eigenvalue weighted by Gasteiger charge is -2.03. The Balaban J connectivity index is 2.21. The van der Waals surface area contributed by atoms with E-state index in [0.717, 1.165) is 6.42 Å². The first-order valence-corrected chi connectivity index (χ1v) is 5.45. The van der Waals surface area contributed by atoms with Crippen molar-refractivity contribution in [2.45, 2.75) is 6.42 Å². The Labute approximate surface area is 100 Å². The van der Waals surface area contributed by atoms with Crippen LogP contribution in [0.25, 0.3) is 5.57 Å². The molecule has 0 atom stereocenters. The van der Waals surface area contributed by atoms with Gasteiger partial charge in [0.25, 0.3) is 5.91 Å². The molecule has 3 N–H and O–H groups in total. The van der Waals surface area contributed by atoms with Gasteiger partial charge in [-0.25, -0.2) is 5.84 Å². The van der Waals surface area contributed by atoms with Crippen molar-refractivity contribution in [1.29, 1.82) is 0 Å². The van der Waals surface area contributed by atoms with E-state index in [0.29, 0.717) is 5.57 Å². The molecule has 1 aliphatic rings. The minimum Gasteiger partial charge on any atom is -0.290 e. The van der Waals surface area contributed by atoms with Crippen LogP contribution in [0.2, 0.25) is 0 Å². The van der Waals surface area contributed by atoms with Gasteiger partial charge in [-0.05, 0) is 23.6 Å². The summed E-state index contributed by atoms with van der Waals surface area (Å²) in [4.78, 5) is 11.4. The number of allylic oxidation sites excluding steroid dienone is 4. The van der Waals surface area contributed by atoms with Gasteiger partial charge in [0.2, 0.25) is 0 Å².